The van der Waals surface area contributed by atoms with Gasteiger partial charge in [0.15, 0.2) is 10.9 Å². The van der Waals surface area contributed by atoms with Crippen LogP contribution in [0.4, 0.5) is 22.5 Å². The number of benzene rings is 1. The molecule has 10 heteroatoms. The Bertz CT molecular complexity index is 1320. The lowest BCUT2D eigenvalue weighted by Crippen LogP contribution is -2.12. The summed E-state index contributed by atoms with van der Waals surface area (Å²) in [6.45, 7) is 10.3. The maximum atomic E-state index is 13.0. The SMILES string of the molecule is Cc1ccc(C(=O)Nc2nc(C)c(C(C)(C)C)s2)cc1Nc1ccnn1-c1cc(N)ncn1. The Balaban J connectivity index is 1.57. The number of nitrogens with one attached hydrogen (secondary N) is 2. The molecule has 3 heterocycles. The number of nitrogens with zero attached hydrogens (tertiary/aromatic N) is 5. The fraction of sp³-hybridized carbons (Fsp3) is 0.261. The van der Waals surface area contributed by atoms with Gasteiger partial charge in [-0.1, -0.05) is 26.8 Å². The van der Waals surface area contributed by atoms with Crippen molar-refractivity contribution >= 4 is 39.7 Å². The van der Waals surface area contributed by atoms with E-state index in [-0.39, 0.29) is 11.3 Å². The topological polar surface area (TPSA) is 124 Å². The molecule has 0 spiro atoms. The Morgan fingerprint density at radius 1 is 1.12 bits per heavy atom. The van der Waals surface area contributed by atoms with E-state index in [1.807, 2.05) is 32.0 Å². The number of amides is 1. The standard InChI is InChI=1S/C23H26N8OS/c1-13-6-7-15(21(32)30-22-28-14(2)20(33-22)23(3,4)5)10-16(13)29-18-8-9-27-31(18)19-11-17(24)25-12-26-19/h6-12,29H,1-5H3,(H2,24,25,26)(H,28,30,32). The van der Waals surface area contributed by atoms with E-state index in [1.54, 1.807) is 23.0 Å². The van der Waals surface area contributed by atoms with Crippen molar-refractivity contribution in [3.8, 4) is 5.82 Å². The van der Waals surface area contributed by atoms with Crippen LogP contribution < -0.4 is 16.4 Å². The molecule has 0 aliphatic heterocycles. The lowest BCUT2D eigenvalue weighted by molar-refractivity contribution is 0.102. The van der Waals surface area contributed by atoms with E-state index in [4.69, 9.17) is 5.73 Å². The number of carbonyl (C=O) groups is 1. The zero-order valence-corrected chi connectivity index (χ0v) is 20.0. The van der Waals surface area contributed by atoms with E-state index in [0.29, 0.717) is 28.1 Å². The van der Waals surface area contributed by atoms with Crippen molar-refractivity contribution in [2.75, 3.05) is 16.4 Å². The summed E-state index contributed by atoms with van der Waals surface area (Å²) >= 11 is 1.51. The molecule has 170 valence electrons. The molecule has 0 atom stereocenters. The number of nitrogen functional groups attached to an aromatic ring is 1. The molecule has 0 bridgehead atoms. The average molecular weight is 463 g/mol. The summed E-state index contributed by atoms with van der Waals surface area (Å²) in [6, 6.07) is 8.95. The van der Waals surface area contributed by atoms with Gasteiger partial charge in [0.1, 0.15) is 18.0 Å². The van der Waals surface area contributed by atoms with E-state index in [0.717, 1.165) is 21.8 Å². The van der Waals surface area contributed by atoms with Gasteiger partial charge in [-0.2, -0.15) is 9.78 Å². The van der Waals surface area contributed by atoms with Gasteiger partial charge in [0, 0.05) is 28.3 Å². The van der Waals surface area contributed by atoms with Gasteiger partial charge in [-0.05, 0) is 37.0 Å². The smallest absolute Gasteiger partial charge is 0.257 e. The highest BCUT2D eigenvalue weighted by atomic mass is 32.1. The van der Waals surface area contributed by atoms with Crippen LogP contribution in [0.1, 0.15) is 47.3 Å². The maximum absolute atomic E-state index is 13.0. The molecule has 0 aliphatic rings. The molecule has 33 heavy (non-hydrogen) atoms. The first kappa shape index (κ1) is 22.4. The minimum atomic E-state index is -0.218. The number of carbonyl (C=O) groups excluding carboxylic acids is 1. The van der Waals surface area contributed by atoms with E-state index in [1.165, 1.54) is 17.7 Å². The van der Waals surface area contributed by atoms with E-state index < -0.39 is 0 Å². The molecule has 0 unspecified atom stereocenters. The Morgan fingerprint density at radius 3 is 2.61 bits per heavy atom. The number of aromatic nitrogens is 5. The molecule has 4 rings (SSSR count). The average Bonchev–Trinajstić information content (AvgIpc) is 3.35. The molecule has 0 saturated carbocycles. The minimum Gasteiger partial charge on any atom is -0.384 e. The van der Waals surface area contributed by atoms with Crippen LogP contribution in [-0.4, -0.2) is 30.6 Å². The van der Waals surface area contributed by atoms with Crippen molar-refractivity contribution in [2.45, 2.75) is 40.0 Å². The zero-order chi connectivity index (χ0) is 23.8. The summed E-state index contributed by atoms with van der Waals surface area (Å²) in [5.41, 5.74) is 8.96. The Hall–Kier alpha value is -3.79. The lowest BCUT2D eigenvalue weighted by atomic mass is 9.94. The number of thiazole rings is 1. The van der Waals surface area contributed by atoms with Gasteiger partial charge in [-0.15, -0.1) is 11.3 Å². The van der Waals surface area contributed by atoms with E-state index in [2.05, 4.69) is 51.5 Å². The molecule has 0 saturated heterocycles. The van der Waals surface area contributed by atoms with Crippen molar-refractivity contribution in [1.29, 1.82) is 0 Å². The van der Waals surface area contributed by atoms with Crippen LogP contribution in [0.5, 0.6) is 0 Å². The largest absolute Gasteiger partial charge is 0.384 e. The highest BCUT2D eigenvalue weighted by molar-refractivity contribution is 7.16. The second kappa shape index (κ2) is 8.62. The monoisotopic (exact) mass is 462 g/mol. The van der Waals surface area contributed by atoms with Crippen molar-refractivity contribution in [3.63, 3.8) is 0 Å². The van der Waals surface area contributed by atoms with E-state index >= 15 is 0 Å². The highest BCUT2D eigenvalue weighted by Crippen LogP contribution is 2.34. The van der Waals surface area contributed by atoms with Crippen LogP contribution in [0.15, 0.2) is 42.9 Å². The van der Waals surface area contributed by atoms with Crippen LogP contribution >= 0.6 is 11.3 Å². The maximum Gasteiger partial charge on any atom is 0.257 e. The van der Waals surface area contributed by atoms with E-state index in [9.17, 15) is 4.79 Å². The number of nitrogens with two attached hydrogens (primary N) is 1. The molecular formula is C23H26N8OS. The van der Waals surface area contributed by atoms with Crippen LogP contribution in [0.3, 0.4) is 0 Å². The summed E-state index contributed by atoms with van der Waals surface area (Å²) in [6.07, 6.45) is 3.04. The normalized spacial score (nSPS) is 11.4. The molecule has 0 radical (unpaired) electrons. The molecule has 0 aliphatic carbocycles. The second-order valence-electron chi connectivity index (χ2n) is 8.72. The Labute approximate surface area is 196 Å². The summed E-state index contributed by atoms with van der Waals surface area (Å²) in [5.74, 6) is 1.35. The van der Waals surface area contributed by atoms with Gasteiger partial charge in [-0.25, -0.2) is 15.0 Å². The van der Waals surface area contributed by atoms with Gasteiger partial charge in [0.2, 0.25) is 0 Å². The van der Waals surface area contributed by atoms with Crippen molar-refractivity contribution in [2.24, 2.45) is 0 Å². The highest BCUT2D eigenvalue weighted by Gasteiger charge is 2.22. The third-order valence-corrected chi connectivity index (χ3v) is 6.49. The molecule has 4 aromatic rings. The quantitative estimate of drug-likeness (QED) is 0.396. The minimum absolute atomic E-state index is 0.0248. The molecule has 3 aromatic heterocycles. The predicted molar refractivity (Wildman–Crippen MR) is 132 cm³/mol. The summed E-state index contributed by atoms with van der Waals surface area (Å²) in [5, 5.41) is 11.2. The van der Waals surface area contributed by atoms with Gasteiger partial charge in [0.05, 0.1) is 11.9 Å². The summed E-state index contributed by atoms with van der Waals surface area (Å²) in [4.78, 5) is 26.8. The number of rotatable bonds is 5. The Kier molecular flexibility index (Phi) is 5.86. The lowest BCUT2D eigenvalue weighted by Gasteiger charge is -2.16. The van der Waals surface area contributed by atoms with Gasteiger partial charge in [-0.3, -0.25) is 10.1 Å². The van der Waals surface area contributed by atoms with Gasteiger partial charge >= 0.3 is 0 Å². The summed E-state index contributed by atoms with van der Waals surface area (Å²) < 4.78 is 1.62. The van der Waals surface area contributed by atoms with Crippen LogP contribution in [0.2, 0.25) is 0 Å². The molecule has 0 fully saturated rings. The predicted octanol–water partition coefficient (Wildman–Crippen LogP) is 4.61. The third-order valence-electron chi connectivity index (χ3n) is 4.99. The van der Waals surface area contributed by atoms with Gasteiger partial charge in [0.25, 0.3) is 5.91 Å². The molecule has 1 aromatic carbocycles. The summed E-state index contributed by atoms with van der Waals surface area (Å²) in [7, 11) is 0. The number of aryl methyl sites for hydroxylation is 2. The van der Waals surface area contributed by atoms with Crippen molar-refractivity contribution in [1.82, 2.24) is 24.7 Å². The van der Waals surface area contributed by atoms with Crippen molar-refractivity contribution in [3.05, 3.63) is 64.6 Å². The Morgan fingerprint density at radius 2 is 1.91 bits per heavy atom. The van der Waals surface area contributed by atoms with Crippen LogP contribution in [0, 0.1) is 13.8 Å². The fourth-order valence-corrected chi connectivity index (χ4v) is 4.43. The fourth-order valence-electron chi connectivity index (χ4n) is 3.41. The molecule has 4 N–H and O–H groups in total. The van der Waals surface area contributed by atoms with Crippen LogP contribution in [-0.2, 0) is 5.41 Å². The van der Waals surface area contributed by atoms with Crippen LogP contribution in [0.25, 0.3) is 5.82 Å². The second-order valence-corrected chi connectivity index (χ2v) is 9.72. The number of hydrogen-bond acceptors (Lipinski definition) is 8. The van der Waals surface area contributed by atoms with Gasteiger partial charge < -0.3 is 11.1 Å². The first-order chi connectivity index (χ1) is 15.6. The molecule has 9 nitrogen and oxygen atoms in total. The molecule has 1 amide bonds. The number of hydrogen-bond donors (Lipinski definition) is 3. The first-order valence-corrected chi connectivity index (χ1v) is 11.2. The molecular weight excluding hydrogens is 436 g/mol. The number of anilines is 4. The van der Waals surface area contributed by atoms with Crippen molar-refractivity contribution < 1.29 is 4.79 Å². The first-order valence-electron chi connectivity index (χ1n) is 10.4. The third kappa shape index (κ3) is 4.85. The zero-order valence-electron chi connectivity index (χ0n) is 19.2.